The third-order valence-corrected chi connectivity index (χ3v) is 7.97. The van der Waals surface area contributed by atoms with Crippen LogP contribution < -0.4 is 0 Å². The molecule has 1 aliphatic heterocycles. The molecule has 1 aromatic carbocycles. The predicted octanol–water partition coefficient (Wildman–Crippen LogP) is 5.57. The molecular weight excluding hydrogens is 414 g/mol. The number of piperidine rings is 1. The van der Waals surface area contributed by atoms with E-state index < -0.39 is 25.8 Å². The third kappa shape index (κ3) is 8.34. The van der Waals surface area contributed by atoms with Crippen LogP contribution in [0.3, 0.4) is 0 Å². The third-order valence-electron chi connectivity index (χ3n) is 4.85. The fraction of sp³-hybridized carbons (Fsp3) is 0.652. The average Bonchev–Trinajstić information content (AvgIpc) is 2.64. The van der Waals surface area contributed by atoms with Gasteiger partial charge in [-0.3, -0.25) is 4.90 Å². The molecular formula is C23H37NO4SSi. The number of esters is 1. The Morgan fingerprint density at radius 2 is 1.83 bits per heavy atom. The number of carbonyl (C=O) groups excluding carboxylic acids is 2. The molecule has 0 saturated carbocycles. The Hall–Kier alpha value is -1.47. The molecule has 0 aromatic heterocycles. The molecule has 5 nitrogen and oxygen atoms in total. The summed E-state index contributed by atoms with van der Waals surface area (Å²) in [5.41, 5.74) is 0.607. The molecule has 1 fully saturated rings. The number of rotatable bonds is 7. The van der Waals surface area contributed by atoms with Gasteiger partial charge >= 0.3 is 12.1 Å². The number of amides is 1. The van der Waals surface area contributed by atoms with E-state index in [4.69, 9.17) is 9.47 Å². The molecule has 2 atom stereocenters. The van der Waals surface area contributed by atoms with Crippen LogP contribution in [0.2, 0.25) is 25.7 Å². The summed E-state index contributed by atoms with van der Waals surface area (Å²) in [6.07, 6.45) is 1.30. The summed E-state index contributed by atoms with van der Waals surface area (Å²) >= 11 is 1.72. The van der Waals surface area contributed by atoms with Crippen molar-refractivity contribution in [3.8, 4) is 0 Å². The molecule has 1 heterocycles. The maximum Gasteiger partial charge on any atom is 0.411 e. The number of benzene rings is 1. The van der Waals surface area contributed by atoms with Crippen LogP contribution in [0, 0.1) is 0 Å². The summed E-state index contributed by atoms with van der Waals surface area (Å²) in [5.74, 6) is 0.496. The van der Waals surface area contributed by atoms with Crippen molar-refractivity contribution in [2.24, 2.45) is 0 Å². The van der Waals surface area contributed by atoms with Crippen LogP contribution >= 0.6 is 11.8 Å². The maximum atomic E-state index is 13.1. The summed E-state index contributed by atoms with van der Waals surface area (Å²) in [7, 11) is -1.31. The first-order chi connectivity index (χ1) is 14.0. The molecule has 168 valence electrons. The predicted molar refractivity (Wildman–Crippen MR) is 127 cm³/mol. The number of nitrogens with zero attached hydrogens (tertiary/aromatic N) is 1. The molecule has 30 heavy (non-hydrogen) atoms. The van der Waals surface area contributed by atoms with E-state index in [1.165, 1.54) is 5.56 Å². The van der Waals surface area contributed by atoms with Crippen molar-refractivity contribution in [2.75, 3.05) is 13.2 Å². The van der Waals surface area contributed by atoms with Gasteiger partial charge in [-0.25, -0.2) is 9.59 Å². The Kier molecular flexibility index (Phi) is 8.85. The van der Waals surface area contributed by atoms with Crippen LogP contribution in [-0.2, 0) is 20.0 Å². The topological polar surface area (TPSA) is 55.8 Å². The first-order valence-electron chi connectivity index (χ1n) is 10.8. The fourth-order valence-electron chi connectivity index (χ4n) is 3.26. The minimum Gasteiger partial charge on any atom is -0.464 e. The van der Waals surface area contributed by atoms with Crippen LogP contribution in [-0.4, -0.2) is 55.1 Å². The molecule has 0 aliphatic carbocycles. The molecule has 1 amide bonds. The molecule has 0 bridgehead atoms. The van der Waals surface area contributed by atoms with Crippen molar-refractivity contribution in [1.82, 2.24) is 4.90 Å². The fourth-order valence-corrected chi connectivity index (χ4v) is 5.35. The summed E-state index contributed by atoms with van der Waals surface area (Å²) in [6, 6.07) is 10.5. The highest BCUT2D eigenvalue weighted by Crippen LogP contribution is 2.32. The van der Waals surface area contributed by atoms with Crippen LogP contribution in [0.1, 0.15) is 39.2 Å². The standard InChI is InChI=1S/C23H37NO4SSi/c1-23(2,3)28-22(26)24-14-10-13-19(29-17-18-11-8-7-9-12-18)20(24)21(25)27-15-16-30(4,5)6/h7-9,11-12,19-20H,10,13-17H2,1-6H3/t19-,20+/m1/s1. The van der Waals surface area contributed by atoms with Gasteiger partial charge in [0.1, 0.15) is 11.6 Å². The average molecular weight is 452 g/mol. The molecule has 0 unspecified atom stereocenters. The van der Waals surface area contributed by atoms with E-state index in [0.29, 0.717) is 13.2 Å². The van der Waals surface area contributed by atoms with Crippen LogP contribution in [0.15, 0.2) is 30.3 Å². The van der Waals surface area contributed by atoms with E-state index in [-0.39, 0.29) is 11.2 Å². The van der Waals surface area contributed by atoms with Gasteiger partial charge in [-0.05, 0) is 45.2 Å². The largest absolute Gasteiger partial charge is 0.464 e. The maximum absolute atomic E-state index is 13.1. The highest BCUT2D eigenvalue weighted by molar-refractivity contribution is 7.99. The Balaban J connectivity index is 2.13. The molecule has 1 saturated heterocycles. The molecule has 2 rings (SSSR count). The number of carbonyl (C=O) groups is 2. The van der Waals surface area contributed by atoms with Crippen molar-refractivity contribution >= 4 is 31.9 Å². The van der Waals surface area contributed by atoms with Crippen molar-refractivity contribution in [3.05, 3.63) is 35.9 Å². The minimum atomic E-state index is -1.31. The van der Waals surface area contributed by atoms with Crippen molar-refractivity contribution in [2.45, 2.75) is 81.9 Å². The lowest BCUT2D eigenvalue weighted by Gasteiger charge is -2.39. The Labute approximate surface area is 186 Å². The highest BCUT2D eigenvalue weighted by atomic mass is 32.2. The van der Waals surface area contributed by atoms with E-state index in [1.54, 1.807) is 16.7 Å². The lowest BCUT2D eigenvalue weighted by atomic mass is 10.0. The number of likely N-dealkylation sites (tertiary alicyclic amines) is 1. The summed E-state index contributed by atoms with van der Waals surface area (Å²) in [6.45, 7) is 13.2. The van der Waals surface area contributed by atoms with Crippen LogP contribution in [0.5, 0.6) is 0 Å². The van der Waals surface area contributed by atoms with Crippen LogP contribution in [0.25, 0.3) is 0 Å². The monoisotopic (exact) mass is 451 g/mol. The zero-order valence-electron chi connectivity index (χ0n) is 19.3. The molecule has 1 aliphatic rings. The lowest BCUT2D eigenvalue weighted by molar-refractivity contribution is -0.150. The van der Waals surface area contributed by atoms with Gasteiger partial charge in [-0.2, -0.15) is 11.8 Å². The number of thioether (sulfide) groups is 1. The van der Waals surface area contributed by atoms with Gasteiger partial charge in [0.25, 0.3) is 0 Å². The van der Waals surface area contributed by atoms with Gasteiger partial charge in [0.15, 0.2) is 0 Å². The summed E-state index contributed by atoms with van der Waals surface area (Å²) in [4.78, 5) is 27.6. The van der Waals surface area contributed by atoms with E-state index in [1.807, 2.05) is 39.0 Å². The van der Waals surface area contributed by atoms with Gasteiger partial charge in [0.05, 0.1) is 6.61 Å². The second-order valence-corrected chi connectivity index (χ2v) is 16.9. The smallest absolute Gasteiger partial charge is 0.411 e. The van der Waals surface area contributed by atoms with E-state index in [9.17, 15) is 9.59 Å². The van der Waals surface area contributed by atoms with Crippen molar-refractivity contribution < 1.29 is 19.1 Å². The zero-order chi connectivity index (χ0) is 22.4. The Morgan fingerprint density at radius 1 is 1.17 bits per heavy atom. The van der Waals surface area contributed by atoms with Gasteiger partial charge in [0, 0.05) is 25.6 Å². The number of hydrogen-bond acceptors (Lipinski definition) is 5. The van der Waals surface area contributed by atoms with Gasteiger partial charge in [-0.15, -0.1) is 0 Å². The molecule has 7 heteroatoms. The van der Waals surface area contributed by atoms with Gasteiger partial charge in [-0.1, -0.05) is 50.0 Å². The Bertz CT molecular complexity index is 699. The van der Waals surface area contributed by atoms with Gasteiger partial charge < -0.3 is 9.47 Å². The second kappa shape index (κ2) is 10.7. The summed E-state index contributed by atoms with van der Waals surface area (Å²) < 4.78 is 11.3. The molecule has 1 aromatic rings. The molecule has 0 N–H and O–H groups in total. The summed E-state index contributed by atoms with van der Waals surface area (Å²) in [5, 5.41) is -0.00847. The van der Waals surface area contributed by atoms with E-state index >= 15 is 0 Å². The normalized spacial score (nSPS) is 20.0. The first-order valence-corrected chi connectivity index (χ1v) is 15.5. The number of hydrogen-bond donors (Lipinski definition) is 0. The lowest BCUT2D eigenvalue weighted by Crippen LogP contribution is -2.55. The van der Waals surface area contributed by atoms with Gasteiger partial charge in [0.2, 0.25) is 0 Å². The SMILES string of the molecule is CC(C)(C)OC(=O)N1CCC[C@@H](SCc2ccccc2)[C@H]1C(=O)OCC[Si](C)(C)C. The Morgan fingerprint density at radius 3 is 2.43 bits per heavy atom. The quantitative estimate of drug-likeness (QED) is 0.401. The number of ether oxygens (including phenoxy) is 2. The zero-order valence-corrected chi connectivity index (χ0v) is 21.1. The van der Waals surface area contributed by atoms with E-state index in [2.05, 4.69) is 31.8 Å². The highest BCUT2D eigenvalue weighted by Gasteiger charge is 2.42. The van der Waals surface area contributed by atoms with E-state index in [0.717, 1.165) is 24.6 Å². The van der Waals surface area contributed by atoms with Crippen molar-refractivity contribution in [1.29, 1.82) is 0 Å². The first kappa shape index (κ1) is 24.8. The van der Waals surface area contributed by atoms with Crippen molar-refractivity contribution in [3.63, 3.8) is 0 Å². The second-order valence-electron chi connectivity index (χ2n) is 10.1. The minimum absolute atomic E-state index is 0.00847. The molecule has 0 spiro atoms. The van der Waals surface area contributed by atoms with Crippen LogP contribution in [0.4, 0.5) is 4.79 Å². The molecule has 0 radical (unpaired) electrons.